The normalized spacial score (nSPS) is 14.8. The highest BCUT2D eigenvalue weighted by molar-refractivity contribution is 5.78. The molecular weight excluding hydrogens is 493 g/mol. The quantitative estimate of drug-likeness (QED) is 0.350. The zero-order chi connectivity index (χ0) is 26.8. The topological polar surface area (TPSA) is 145 Å². The summed E-state index contributed by atoms with van der Waals surface area (Å²) < 4.78 is 31.7. The summed E-state index contributed by atoms with van der Waals surface area (Å²) in [7, 11) is 1.93. The monoisotopic (exact) mass is 518 g/mol. The first kappa shape index (κ1) is 27.3. The van der Waals surface area contributed by atoms with E-state index in [0.717, 1.165) is 29.1 Å². The number of aromatic nitrogens is 4. The lowest BCUT2D eigenvalue weighted by Crippen LogP contribution is -2.35. The number of carboxylic acid groups (broad SMARTS) is 1. The molecule has 1 amide bonds. The molecule has 11 nitrogen and oxygen atoms in total. The molecular formula is C23H25F3N8O3. The van der Waals surface area contributed by atoms with Crippen LogP contribution in [0.3, 0.4) is 0 Å². The second-order valence-electron chi connectivity index (χ2n) is 7.99. The van der Waals surface area contributed by atoms with Gasteiger partial charge in [0.1, 0.15) is 12.1 Å². The molecule has 0 saturated carbocycles. The number of pyridine rings is 1. The van der Waals surface area contributed by atoms with E-state index in [1.54, 1.807) is 6.20 Å². The van der Waals surface area contributed by atoms with Crippen molar-refractivity contribution in [2.24, 2.45) is 0 Å². The van der Waals surface area contributed by atoms with Crippen LogP contribution in [0.15, 0.2) is 48.9 Å². The van der Waals surface area contributed by atoms with Gasteiger partial charge in [0.05, 0.1) is 6.54 Å². The van der Waals surface area contributed by atoms with Gasteiger partial charge in [-0.1, -0.05) is 12.1 Å². The third kappa shape index (κ3) is 9.00. The van der Waals surface area contributed by atoms with Gasteiger partial charge < -0.3 is 21.1 Å². The van der Waals surface area contributed by atoms with Gasteiger partial charge in [-0.2, -0.15) is 18.2 Å². The van der Waals surface area contributed by atoms with Crippen molar-refractivity contribution >= 4 is 29.3 Å². The Bertz CT molecular complexity index is 1230. The first-order chi connectivity index (χ1) is 17.6. The number of benzene rings is 1. The highest BCUT2D eigenvalue weighted by atomic mass is 19.4. The van der Waals surface area contributed by atoms with E-state index in [4.69, 9.17) is 9.90 Å². The number of anilines is 3. The first-order valence-electron chi connectivity index (χ1n) is 11.1. The summed E-state index contributed by atoms with van der Waals surface area (Å²) in [6.45, 7) is 2.30. The number of carbonyl (C=O) groups excluding carboxylic acids is 1. The number of likely N-dealkylation sites (N-methyl/N-ethyl adjacent to an activating group) is 1. The Hall–Kier alpha value is -4.33. The number of nitrogens with zero attached hydrogens (tertiary/aromatic N) is 5. The molecule has 3 heterocycles. The lowest BCUT2D eigenvalue weighted by atomic mass is 10.2. The molecule has 0 aliphatic carbocycles. The van der Waals surface area contributed by atoms with Crippen molar-refractivity contribution < 1.29 is 27.9 Å². The van der Waals surface area contributed by atoms with Crippen LogP contribution in [0.4, 0.5) is 30.6 Å². The maximum Gasteiger partial charge on any atom is 0.490 e. The van der Waals surface area contributed by atoms with Crippen LogP contribution in [-0.4, -0.2) is 74.7 Å². The molecule has 1 aromatic carbocycles. The third-order valence-corrected chi connectivity index (χ3v) is 4.86. The van der Waals surface area contributed by atoms with E-state index in [9.17, 15) is 18.0 Å². The maximum absolute atomic E-state index is 12.2. The van der Waals surface area contributed by atoms with Crippen LogP contribution in [0.1, 0.15) is 12.0 Å². The molecule has 0 spiro atoms. The van der Waals surface area contributed by atoms with E-state index in [1.807, 2.05) is 48.3 Å². The van der Waals surface area contributed by atoms with E-state index in [-0.39, 0.29) is 5.91 Å². The van der Waals surface area contributed by atoms with Gasteiger partial charge in [-0.3, -0.25) is 9.69 Å². The Morgan fingerprint density at radius 3 is 2.57 bits per heavy atom. The minimum absolute atomic E-state index is 0.0142. The molecule has 37 heavy (non-hydrogen) atoms. The molecule has 1 aliphatic rings. The number of hydrogen-bond donors (Lipinski definition) is 4. The average Bonchev–Trinajstić information content (AvgIpc) is 2.83. The van der Waals surface area contributed by atoms with Crippen molar-refractivity contribution in [3.8, 4) is 11.4 Å². The molecule has 0 fully saturated rings. The second kappa shape index (κ2) is 12.6. The Morgan fingerprint density at radius 1 is 1.05 bits per heavy atom. The van der Waals surface area contributed by atoms with E-state index >= 15 is 0 Å². The van der Waals surface area contributed by atoms with E-state index in [0.29, 0.717) is 38.0 Å². The fourth-order valence-corrected chi connectivity index (χ4v) is 3.24. The number of alkyl halides is 3. The van der Waals surface area contributed by atoms with E-state index < -0.39 is 12.1 Å². The standard InChI is InChI=1S/C21H24N8O.C2HF3O2/c1-29-12-15-4-2-5-17(10-15)27-21-26-14-25-20(28-21)16-6-9-23-18(11-16)22-7-3-8-24-19(30)13-29;3-2(4,5)1(6)7/h2,4-6,9-11,14H,3,7-8,12-13H2,1H3,(H,22,23)(H,24,30)(H,25,26,27,28);(H,6,7). The lowest BCUT2D eigenvalue weighted by molar-refractivity contribution is -0.192. The Labute approximate surface area is 210 Å². The van der Waals surface area contributed by atoms with E-state index in [2.05, 4.69) is 35.9 Å². The third-order valence-electron chi connectivity index (χ3n) is 4.86. The summed E-state index contributed by atoms with van der Waals surface area (Å²) in [5.41, 5.74) is 2.81. The largest absolute Gasteiger partial charge is 0.490 e. The average molecular weight is 519 g/mol. The van der Waals surface area contributed by atoms with Gasteiger partial charge in [-0.25, -0.2) is 19.7 Å². The molecule has 0 atom stereocenters. The zero-order valence-corrected chi connectivity index (χ0v) is 19.8. The van der Waals surface area contributed by atoms with Crippen molar-refractivity contribution in [1.29, 1.82) is 0 Å². The van der Waals surface area contributed by atoms with Crippen LogP contribution in [0, 0.1) is 0 Å². The van der Waals surface area contributed by atoms with Crippen molar-refractivity contribution in [3.05, 3.63) is 54.5 Å². The number of halogens is 3. The van der Waals surface area contributed by atoms with Gasteiger partial charge >= 0.3 is 12.1 Å². The van der Waals surface area contributed by atoms with Gasteiger partial charge in [-0.05, 0) is 43.3 Å². The second-order valence-corrected chi connectivity index (χ2v) is 7.99. The van der Waals surface area contributed by atoms with Gasteiger partial charge in [0.2, 0.25) is 11.9 Å². The smallest absolute Gasteiger partial charge is 0.475 e. The molecule has 4 rings (SSSR count). The summed E-state index contributed by atoms with van der Waals surface area (Å²) in [5, 5.41) is 16.6. The molecule has 6 bridgehead atoms. The van der Waals surface area contributed by atoms with Crippen molar-refractivity contribution in [2.45, 2.75) is 19.1 Å². The molecule has 4 N–H and O–H groups in total. The van der Waals surface area contributed by atoms with Gasteiger partial charge in [-0.15, -0.1) is 0 Å². The number of hydrogen-bond acceptors (Lipinski definition) is 9. The number of rotatable bonds is 0. The molecule has 2 aromatic heterocycles. The number of nitrogens with one attached hydrogen (secondary N) is 3. The van der Waals surface area contributed by atoms with Crippen LogP contribution < -0.4 is 16.0 Å². The molecule has 1 aliphatic heterocycles. The summed E-state index contributed by atoms with van der Waals surface area (Å²) in [4.78, 5) is 40.5. The summed E-state index contributed by atoms with van der Waals surface area (Å²) >= 11 is 0. The minimum Gasteiger partial charge on any atom is -0.475 e. The molecule has 0 saturated heterocycles. The molecule has 0 radical (unpaired) electrons. The lowest BCUT2D eigenvalue weighted by Gasteiger charge is -2.17. The molecule has 196 valence electrons. The fraction of sp³-hybridized carbons (Fsp3) is 0.304. The number of aliphatic carboxylic acids is 1. The Morgan fingerprint density at radius 2 is 1.81 bits per heavy atom. The van der Waals surface area contributed by atoms with Crippen LogP contribution in [0.2, 0.25) is 0 Å². The Balaban J connectivity index is 0.000000479. The van der Waals surface area contributed by atoms with Gasteiger partial charge in [0.15, 0.2) is 5.82 Å². The predicted molar refractivity (Wildman–Crippen MR) is 129 cm³/mol. The maximum atomic E-state index is 12.2. The Kier molecular flexibility index (Phi) is 9.27. The number of fused-ring (bicyclic) bond motifs is 7. The summed E-state index contributed by atoms with van der Waals surface area (Å²) in [5.74, 6) is -0.972. The van der Waals surface area contributed by atoms with Crippen molar-refractivity contribution in [2.75, 3.05) is 37.3 Å². The first-order valence-corrected chi connectivity index (χ1v) is 11.1. The SMILES string of the molecule is CN1CC(=O)NCCCNc2cc(ccn2)-c2ncnc(n2)Nc2cccc(c2)C1.O=C(O)C(F)(F)F. The minimum atomic E-state index is -5.08. The van der Waals surface area contributed by atoms with Gasteiger partial charge in [0.25, 0.3) is 0 Å². The van der Waals surface area contributed by atoms with Crippen LogP contribution in [0.25, 0.3) is 11.4 Å². The van der Waals surface area contributed by atoms with E-state index in [1.165, 1.54) is 6.33 Å². The summed E-state index contributed by atoms with van der Waals surface area (Å²) in [6.07, 6.45) is -1.07. The zero-order valence-electron chi connectivity index (χ0n) is 19.8. The number of carboxylic acids is 1. The van der Waals surface area contributed by atoms with Gasteiger partial charge in [0, 0.05) is 37.1 Å². The van der Waals surface area contributed by atoms with Crippen LogP contribution in [0.5, 0.6) is 0 Å². The number of carbonyl (C=O) groups is 2. The van der Waals surface area contributed by atoms with Crippen LogP contribution >= 0.6 is 0 Å². The van der Waals surface area contributed by atoms with Crippen molar-refractivity contribution in [3.63, 3.8) is 0 Å². The number of amides is 1. The molecule has 3 aromatic rings. The highest BCUT2D eigenvalue weighted by Crippen LogP contribution is 2.20. The molecule has 14 heteroatoms. The highest BCUT2D eigenvalue weighted by Gasteiger charge is 2.38. The van der Waals surface area contributed by atoms with Crippen molar-refractivity contribution in [1.82, 2.24) is 30.2 Å². The fourth-order valence-electron chi connectivity index (χ4n) is 3.24. The van der Waals surface area contributed by atoms with Crippen LogP contribution in [-0.2, 0) is 16.1 Å². The molecule has 0 unspecified atom stereocenters. The predicted octanol–water partition coefficient (Wildman–Crippen LogP) is 2.67. The summed E-state index contributed by atoms with van der Waals surface area (Å²) in [6, 6.07) is 11.8.